The SMILES string of the molecule is CCCC/C=C(/[C@H](O)c1ccccc1)[S@@](=O)c1ccc(C)cc1. The molecule has 0 heterocycles. The van der Waals surface area contributed by atoms with Crippen molar-refractivity contribution >= 4 is 10.8 Å². The molecule has 0 unspecified atom stereocenters. The van der Waals surface area contributed by atoms with Crippen molar-refractivity contribution in [1.29, 1.82) is 0 Å². The van der Waals surface area contributed by atoms with Crippen LogP contribution in [0.3, 0.4) is 0 Å². The molecule has 0 aliphatic heterocycles. The van der Waals surface area contributed by atoms with E-state index in [1.54, 1.807) is 0 Å². The van der Waals surface area contributed by atoms with Crippen molar-refractivity contribution in [3.05, 3.63) is 76.7 Å². The lowest BCUT2D eigenvalue weighted by molar-refractivity contribution is 0.223. The number of unbranched alkanes of at least 4 members (excludes halogenated alkanes) is 2. The summed E-state index contributed by atoms with van der Waals surface area (Å²) in [6.07, 6.45) is 4.03. The van der Waals surface area contributed by atoms with Crippen LogP contribution in [0.1, 0.15) is 43.4 Å². The Bertz CT molecular complexity index is 660. The van der Waals surface area contributed by atoms with Crippen LogP contribution in [-0.4, -0.2) is 9.32 Å². The van der Waals surface area contributed by atoms with Gasteiger partial charge in [-0.1, -0.05) is 73.9 Å². The monoisotopic (exact) mass is 328 g/mol. The predicted molar refractivity (Wildman–Crippen MR) is 96.6 cm³/mol. The maximum atomic E-state index is 12.9. The van der Waals surface area contributed by atoms with E-state index < -0.39 is 16.9 Å². The minimum absolute atomic E-state index is 0.577. The van der Waals surface area contributed by atoms with E-state index in [0.717, 1.165) is 35.3 Å². The van der Waals surface area contributed by atoms with Crippen molar-refractivity contribution < 1.29 is 9.32 Å². The molecule has 0 aliphatic rings. The molecule has 2 aromatic rings. The molecule has 1 N–H and O–H groups in total. The van der Waals surface area contributed by atoms with Crippen molar-refractivity contribution in [3.63, 3.8) is 0 Å². The molecule has 0 fully saturated rings. The second-order valence-electron chi connectivity index (χ2n) is 5.64. The van der Waals surface area contributed by atoms with Crippen LogP contribution in [0.25, 0.3) is 0 Å². The zero-order chi connectivity index (χ0) is 16.7. The van der Waals surface area contributed by atoms with E-state index in [1.807, 2.05) is 67.6 Å². The topological polar surface area (TPSA) is 37.3 Å². The molecular formula is C20H24O2S. The lowest BCUT2D eigenvalue weighted by Crippen LogP contribution is -2.08. The molecule has 2 rings (SSSR count). The third-order valence-electron chi connectivity index (χ3n) is 3.74. The second-order valence-corrected chi connectivity index (χ2v) is 7.12. The maximum Gasteiger partial charge on any atom is 0.112 e. The third kappa shape index (κ3) is 4.88. The molecule has 122 valence electrons. The number of aliphatic hydroxyl groups is 1. The Morgan fingerprint density at radius 2 is 1.78 bits per heavy atom. The Labute approximate surface area is 141 Å². The van der Waals surface area contributed by atoms with Gasteiger partial charge in [0.2, 0.25) is 0 Å². The van der Waals surface area contributed by atoms with Crippen LogP contribution in [0.15, 0.2) is 70.5 Å². The third-order valence-corrected chi connectivity index (χ3v) is 5.26. The van der Waals surface area contributed by atoms with Crippen molar-refractivity contribution in [1.82, 2.24) is 0 Å². The van der Waals surface area contributed by atoms with Gasteiger partial charge in [-0.2, -0.15) is 0 Å². The lowest BCUT2D eigenvalue weighted by Gasteiger charge is -2.16. The average molecular weight is 328 g/mol. The van der Waals surface area contributed by atoms with Gasteiger partial charge >= 0.3 is 0 Å². The molecule has 3 heteroatoms. The highest BCUT2D eigenvalue weighted by Crippen LogP contribution is 2.28. The van der Waals surface area contributed by atoms with E-state index in [9.17, 15) is 9.32 Å². The Hall–Kier alpha value is -1.71. The summed E-state index contributed by atoms with van der Waals surface area (Å²) < 4.78 is 12.9. The van der Waals surface area contributed by atoms with Gasteiger partial charge in [-0.3, -0.25) is 0 Å². The summed E-state index contributed by atoms with van der Waals surface area (Å²) in [6.45, 7) is 4.13. The van der Waals surface area contributed by atoms with Gasteiger partial charge in [0.25, 0.3) is 0 Å². The van der Waals surface area contributed by atoms with E-state index >= 15 is 0 Å². The van der Waals surface area contributed by atoms with Crippen LogP contribution in [0, 0.1) is 6.92 Å². The van der Waals surface area contributed by atoms with Crippen molar-refractivity contribution in [3.8, 4) is 0 Å². The standard InChI is InChI=1S/C20H24O2S/c1-3-4-6-11-19(20(21)17-9-7-5-8-10-17)23(22)18-14-12-16(2)13-15-18/h5,7-15,20-21H,3-4,6H2,1-2H3/b19-11-/t20-,23+/m1/s1. The first kappa shape index (κ1) is 17.6. The molecule has 0 aromatic heterocycles. The number of aliphatic hydroxyl groups excluding tert-OH is 1. The molecular weight excluding hydrogens is 304 g/mol. The van der Waals surface area contributed by atoms with Crippen molar-refractivity contribution in [2.75, 3.05) is 0 Å². The highest BCUT2D eigenvalue weighted by atomic mass is 32.2. The highest BCUT2D eigenvalue weighted by molar-refractivity contribution is 7.89. The molecule has 2 atom stereocenters. The van der Waals surface area contributed by atoms with Gasteiger partial charge in [0, 0.05) is 4.90 Å². The summed E-state index contributed by atoms with van der Waals surface area (Å²) in [6, 6.07) is 17.1. The number of aryl methyl sites for hydroxylation is 1. The van der Waals surface area contributed by atoms with Crippen molar-refractivity contribution in [2.24, 2.45) is 0 Å². The molecule has 0 amide bonds. The summed E-state index contributed by atoms with van der Waals surface area (Å²) in [7, 11) is -1.35. The second kappa shape index (κ2) is 8.80. The smallest absolute Gasteiger partial charge is 0.112 e. The molecule has 0 bridgehead atoms. The number of rotatable bonds is 7. The highest BCUT2D eigenvalue weighted by Gasteiger charge is 2.20. The number of hydrogen-bond donors (Lipinski definition) is 1. The quantitative estimate of drug-likeness (QED) is 0.733. The van der Waals surface area contributed by atoms with Gasteiger partial charge in [0.1, 0.15) is 6.10 Å². The van der Waals surface area contributed by atoms with Gasteiger partial charge in [0.05, 0.1) is 15.7 Å². The van der Waals surface area contributed by atoms with Crippen LogP contribution in [0.5, 0.6) is 0 Å². The predicted octanol–water partition coefficient (Wildman–Crippen LogP) is 4.91. The summed E-state index contributed by atoms with van der Waals surface area (Å²) in [5.41, 5.74) is 1.90. The molecule has 2 nitrogen and oxygen atoms in total. The van der Waals surface area contributed by atoms with E-state index in [4.69, 9.17) is 0 Å². The maximum absolute atomic E-state index is 12.9. The molecule has 0 saturated carbocycles. The normalized spacial score (nSPS) is 14.5. The molecule has 0 aliphatic carbocycles. The first-order valence-electron chi connectivity index (χ1n) is 8.05. The van der Waals surface area contributed by atoms with Gasteiger partial charge in [-0.05, 0) is 31.0 Å². The zero-order valence-electron chi connectivity index (χ0n) is 13.7. The largest absolute Gasteiger partial charge is 0.383 e. The number of allylic oxidation sites excluding steroid dienone is 1. The molecule has 0 radical (unpaired) electrons. The molecule has 23 heavy (non-hydrogen) atoms. The van der Waals surface area contributed by atoms with Gasteiger partial charge in [0.15, 0.2) is 0 Å². The molecule has 0 spiro atoms. The van der Waals surface area contributed by atoms with Gasteiger partial charge in [-0.25, -0.2) is 4.21 Å². The van der Waals surface area contributed by atoms with Crippen LogP contribution in [0.2, 0.25) is 0 Å². The van der Waals surface area contributed by atoms with E-state index in [0.29, 0.717) is 4.91 Å². The fourth-order valence-electron chi connectivity index (χ4n) is 2.33. The Kier molecular flexibility index (Phi) is 6.75. The fraction of sp³-hybridized carbons (Fsp3) is 0.300. The van der Waals surface area contributed by atoms with Crippen LogP contribution in [0.4, 0.5) is 0 Å². The van der Waals surface area contributed by atoms with E-state index in [2.05, 4.69) is 6.92 Å². The fourth-order valence-corrected chi connectivity index (χ4v) is 3.60. The zero-order valence-corrected chi connectivity index (χ0v) is 14.6. The number of hydrogen-bond acceptors (Lipinski definition) is 2. The summed E-state index contributed by atoms with van der Waals surface area (Å²) in [5, 5.41) is 10.7. The summed E-state index contributed by atoms with van der Waals surface area (Å²) in [4.78, 5) is 1.31. The van der Waals surface area contributed by atoms with Crippen LogP contribution >= 0.6 is 0 Å². The van der Waals surface area contributed by atoms with Crippen LogP contribution in [-0.2, 0) is 10.8 Å². The van der Waals surface area contributed by atoms with E-state index in [-0.39, 0.29) is 0 Å². The minimum Gasteiger partial charge on any atom is -0.383 e. The first-order chi connectivity index (χ1) is 11.1. The van der Waals surface area contributed by atoms with Crippen LogP contribution < -0.4 is 0 Å². The Balaban J connectivity index is 2.32. The first-order valence-corrected chi connectivity index (χ1v) is 9.20. The van der Waals surface area contributed by atoms with Gasteiger partial charge in [-0.15, -0.1) is 0 Å². The van der Waals surface area contributed by atoms with Gasteiger partial charge < -0.3 is 5.11 Å². The average Bonchev–Trinajstić information content (AvgIpc) is 2.59. The minimum atomic E-state index is -1.35. The summed E-state index contributed by atoms with van der Waals surface area (Å²) in [5.74, 6) is 0. The lowest BCUT2D eigenvalue weighted by atomic mass is 10.1. The molecule has 0 saturated heterocycles. The van der Waals surface area contributed by atoms with Crippen molar-refractivity contribution in [2.45, 2.75) is 44.1 Å². The Morgan fingerprint density at radius 3 is 2.39 bits per heavy atom. The number of benzene rings is 2. The Morgan fingerprint density at radius 1 is 1.13 bits per heavy atom. The van der Waals surface area contributed by atoms with E-state index in [1.165, 1.54) is 0 Å². The summed E-state index contributed by atoms with van der Waals surface area (Å²) >= 11 is 0. The molecule has 2 aromatic carbocycles.